The summed E-state index contributed by atoms with van der Waals surface area (Å²) in [7, 11) is 0. The van der Waals surface area contributed by atoms with Gasteiger partial charge in [-0.05, 0) is 35.9 Å². The van der Waals surface area contributed by atoms with E-state index in [0.29, 0.717) is 17.8 Å². The lowest BCUT2D eigenvalue weighted by molar-refractivity contribution is 1.32. The Bertz CT molecular complexity index is 542. The minimum absolute atomic E-state index is 0.657. The van der Waals surface area contributed by atoms with Crippen molar-refractivity contribution in [3.63, 3.8) is 0 Å². The zero-order valence-electron chi connectivity index (χ0n) is 9.48. The first-order chi connectivity index (χ1) is 8.24. The van der Waals surface area contributed by atoms with Crippen LogP contribution >= 0.6 is 0 Å². The van der Waals surface area contributed by atoms with Crippen molar-refractivity contribution in [2.75, 3.05) is 11.5 Å². The van der Waals surface area contributed by atoms with Crippen LogP contribution in [0.25, 0.3) is 0 Å². The average Bonchev–Trinajstić information content (AvgIpc) is 2.29. The van der Waals surface area contributed by atoms with Crippen molar-refractivity contribution in [3.05, 3.63) is 59.7 Å². The standard InChI is InChI=1S/C15H14N2/c16-14-9-13(10-15(17)11-14)8-4-7-12-5-2-1-3-6-12/h1-3,5-6,9-11H,8,16-17H2. The van der Waals surface area contributed by atoms with Crippen LogP contribution in [0.2, 0.25) is 0 Å². The van der Waals surface area contributed by atoms with Crippen molar-refractivity contribution in [1.82, 2.24) is 0 Å². The fraction of sp³-hybridized carbons (Fsp3) is 0.0667. The first kappa shape index (κ1) is 11.1. The largest absolute Gasteiger partial charge is 0.399 e. The Morgan fingerprint density at radius 3 is 2.18 bits per heavy atom. The van der Waals surface area contributed by atoms with Crippen LogP contribution in [-0.2, 0) is 6.42 Å². The lowest BCUT2D eigenvalue weighted by Gasteiger charge is -2.00. The molecule has 2 heteroatoms. The van der Waals surface area contributed by atoms with Crippen LogP contribution in [0, 0.1) is 11.8 Å². The van der Waals surface area contributed by atoms with Gasteiger partial charge in [-0.15, -0.1) is 0 Å². The number of anilines is 2. The molecule has 84 valence electrons. The van der Waals surface area contributed by atoms with Gasteiger partial charge >= 0.3 is 0 Å². The van der Waals surface area contributed by atoms with Crippen molar-refractivity contribution in [2.24, 2.45) is 0 Å². The Hall–Kier alpha value is -2.40. The van der Waals surface area contributed by atoms with Gasteiger partial charge in [0.1, 0.15) is 0 Å². The Balaban J connectivity index is 2.10. The highest BCUT2D eigenvalue weighted by Gasteiger charge is 1.94. The molecule has 0 bridgehead atoms. The van der Waals surface area contributed by atoms with Crippen LogP contribution in [-0.4, -0.2) is 0 Å². The number of nitrogens with two attached hydrogens (primary N) is 2. The molecule has 4 N–H and O–H groups in total. The summed E-state index contributed by atoms with van der Waals surface area (Å²) in [5, 5.41) is 0. The molecular formula is C15H14N2. The maximum absolute atomic E-state index is 5.71. The Morgan fingerprint density at radius 1 is 0.882 bits per heavy atom. The van der Waals surface area contributed by atoms with Gasteiger partial charge in [-0.3, -0.25) is 0 Å². The fourth-order valence-electron chi connectivity index (χ4n) is 1.62. The number of rotatable bonds is 1. The normalized spacial score (nSPS) is 9.41. The molecule has 2 aromatic carbocycles. The second-order valence-corrected chi connectivity index (χ2v) is 3.85. The zero-order valence-corrected chi connectivity index (χ0v) is 9.48. The molecule has 2 aromatic rings. The average molecular weight is 222 g/mol. The SMILES string of the molecule is Nc1cc(N)cc(CC#Cc2ccccc2)c1. The first-order valence-corrected chi connectivity index (χ1v) is 5.43. The van der Waals surface area contributed by atoms with Crippen molar-refractivity contribution >= 4 is 11.4 Å². The third-order valence-electron chi connectivity index (χ3n) is 2.34. The third-order valence-corrected chi connectivity index (χ3v) is 2.34. The van der Waals surface area contributed by atoms with Crippen LogP contribution in [0.15, 0.2) is 48.5 Å². The monoisotopic (exact) mass is 222 g/mol. The van der Waals surface area contributed by atoms with Crippen LogP contribution in [0.5, 0.6) is 0 Å². The molecule has 0 saturated carbocycles. The van der Waals surface area contributed by atoms with E-state index in [2.05, 4.69) is 11.8 Å². The highest BCUT2D eigenvalue weighted by Crippen LogP contribution is 2.13. The number of hydrogen-bond donors (Lipinski definition) is 2. The molecule has 0 aliphatic rings. The number of nitrogen functional groups attached to an aromatic ring is 2. The highest BCUT2D eigenvalue weighted by atomic mass is 14.6. The first-order valence-electron chi connectivity index (χ1n) is 5.43. The molecule has 17 heavy (non-hydrogen) atoms. The highest BCUT2D eigenvalue weighted by molar-refractivity contribution is 5.55. The summed E-state index contributed by atoms with van der Waals surface area (Å²) in [6.07, 6.45) is 0.657. The van der Waals surface area contributed by atoms with E-state index in [9.17, 15) is 0 Å². The molecule has 0 radical (unpaired) electrons. The van der Waals surface area contributed by atoms with E-state index in [-0.39, 0.29) is 0 Å². The van der Waals surface area contributed by atoms with E-state index < -0.39 is 0 Å². The van der Waals surface area contributed by atoms with Gasteiger partial charge in [-0.2, -0.15) is 0 Å². The summed E-state index contributed by atoms with van der Waals surface area (Å²) in [5.74, 6) is 6.21. The lowest BCUT2D eigenvalue weighted by atomic mass is 10.1. The summed E-state index contributed by atoms with van der Waals surface area (Å²) in [6, 6.07) is 15.4. The quantitative estimate of drug-likeness (QED) is 0.575. The predicted octanol–water partition coefficient (Wildman–Crippen LogP) is 2.45. The number of hydrogen-bond acceptors (Lipinski definition) is 2. The topological polar surface area (TPSA) is 52.0 Å². The molecule has 2 rings (SSSR count). The summed E-state index contributed by atoms with van der Waals surface area (Å²) in [4.78, 5) is 0. The Morgan fingerprint density at radius 2 is 1.53 bits per heavy atom. The molecule has 0 heterocycles. The zero-order chi connectivity index (χ0) is 12.1. The van der Waals surface area contributed by atoms with Gasteiger partial charge in [0, 0.05) is 23.4 Å². The minimum atomic E-state index is 0.657. The molecule has 0 spiro atoms. The van der Waals surface area contributed by atoms with Crippen molar-refractivity contribution in [2.45, 2.75) is 6.42 Å². The summed E-state index contributed by atoms with van der Waals surface area (Å²) < 4.78 is 0. The van der Waals surface area contributed by atoms with Crippen LogP contribution in [0.4, 0.5) is 11.4 Å². The molecule has 2 nitrogen and oxygen atoms in total. The minimum Gasteiger partial charge on any atom is -0.399 e. The molecule has 0 aromatic heterocycles. The molecular weight excluding hydrogens is 208 g/mol. The van der Waals surface area contributed by atoms with E-state index in [0.717, 1.165) is 11.1 Å². The second-order valence-electron chi connectivity index (χ2n) is 3.85. The second kappa shape index (κ2) is 5.09. The molecule has 0 aliphatic carbocycles. The third kappa shape index (κ3) is 3.29. The van der Waals surface area contributed by atoms with Gasteiger partial charge in [0.25, 0.3) is 0 Å². The predicted molar refractivity (Wildman–Crippen MR) is 72.3 cm³/mol. The van der Waals surface area contributed by atoms with Gasteiger partial charge in [-0.25, -0.2) is 0 Å². The van der Waals surface area contributed by atoms with E-state index in [1.54, 1.807) is 6.07 Å². The van der Waals surface area contributed by atoms with Crippen molar-refractivity contribution in [1.29, 1.82) is 0 Å². The van der Waals surface area contributed by atoms with Crippen LogP contribution in [0.1, 0.15) is 11.1 Å². The van der Waals surface area contributed by atoms with Crippen LogP contribution in [0.3, 0.4) is 0 Å². The molecule has 0 amide bonds. The smallest absolute Gasteiger partial charge is 0.0345 e. The molecule has 0 aliphatic heterocycles. The molecule has 0 unspecified atom stereocenters. The summed E-state index contributed by atoms with van der Waals surface area (Å²) >= 11 is 0. The van der Waals surface area contributed by atoms with Gasteiger partial charge in [0.15, 0.2) is 0 Å². The van der Waals surface area contributed by atoms with Crippen LogP contribution < -0.4 is 11.5 Å². The van der Waals surface area contributed by atoms with Gasteiger partial charge < -0.3 is 11.5 Å². The molecule has 0 fully saturated rings. The molecule has 0 atom stereocenters. The maximum Gasteiger partial charge on any atom is 0.0345 e. The Labute approximate surface area is 101 Å². The van der Waals surface area contributed by atoms with E-state index >= 15 is 0 Å². The maximum atomic E-state index is 5.71. The summed E-state index contributed by atoms with van der Waals surface area (Å²) in [6.45, 7) is 0. The Kier molecular flexibility index (Phi) is 3.32. The van der Waals surface area contributed by atoms with E-state index in [1.165, 1.54) is 0 Å². The lowest BCUT2D eigenvalue weighted by Crippen LogP contribution is -1.93. The van der Waals surface area contributed by atoms with Crippen molar-refractivity contribution in [3.8, 4) is 11.8 Å². The molecule has 0 saturated heterocycles. The van der Waals surface area contributed by atoms with Gasteiger partial charge in [-0.1, -0.05) is 30.0 Å². The fourth-order valence-corrected chi connectivity index (χ4v) is 1.62. The van der Waals surface area contributed by atoms with E-state index in [4.69, 9.17) is 11.5 Å². The van der Waals surface area contributed by atoms with Crippen molar-refractivity contribution < 1.29 is 0 Å². The van der Waals surface area contributed by atoms with E-state index in [1.807, 2.05) is 42.5 Å². The number of benzene rings is 2. The van der Waals surface area contributed by atoms with Gasteiger partial charge in [0.2, 0.25) is 0 Å². The van der Waals surface area contributed by atoms with Gasteiger partial charge in [0.05, 0.1) is 0 Å². The summed E-state index contributed by atoms with van der Waals surface area (Å²) in [5.41, 5.74) is 14.9.